The minimum absolute atomic E-state index is 0.136. The fourth-order valence-electron chi connectivity index (χ4n) is 2.68. The van der Waals surface area contributed by atoms with Gasteiger partial charge in [-0.25, -0.2) is 0 Å². The molecule has 18 heavy (non-hydrogen) atoms. The topological polar surface area (TPSA) is 46.3 Å². The number of aryl methyl sites for hydroxylation is 1. The van der Waals surface area contributed by atoms with Gasteiger partial charge in [-0.15, -0.1) is 0 Å². The van der Waals surface area contributed by atoms with Crippen molar-refractivity contribution in [1.82, 2.24) is 0 Å². The van der Waals surface area contributed by atoms with E-state index in [2.05, 4.69) is 19.9 Å². The zero-order chi connectivity index (χ0) is 13.1. The van der Waals surface area contributed by atoms with Crippen LogP contribution in [0.2, 0.25) is 0 Å². The summed E-state index contributed by atoms with van der Waals surface area (Å²) in [5.41, 5.74) is 8.85. The number of carbonyl (C=O) groups excluding carboxylic acids is 1. The molecular weight excluding hydrogens is 224 g/mol. The van der Waals surface area contributed by atoms with Gasteiger partial charge in [0, 0.05) is 23.8 Å². The van der Waals surface area contributed by atoms with E-state index in [0.29, 0.717) is 0 Å². The Hall–Kier alpha value is -1.51. The quantitative estimate of drug-likeness (QED) is 0.833. The lowest BCUT2D eigenvalue weighted by Crippen LogP contribution is -2.39. The predicted molar refractivity (Wildman–Crippen MR) is 75.6 cm³/mol. The third-order valence-electron chi connectivity index (χ3n) is 3.83. The van der Waals surface area contributed by atoms with Gasteiger partial charge in [0.2, 0.25) is 5.91 Å². The summed E-state index contributed by atoms with van der Waals surface area (Å²) in [5, 5.41) is 0. The number of carbonyl (C=O) groups is 1. The number of anilines is 2. The van der Waals surface area contributed by atoms with E-state index in [-0.39, 0.29) is 11.8 Å². The summed E-state index contributed by atoms with van der Waals surface area (Å²) in [5.74, 6) is 0.393. The van der Waals surface area contributed by atoms with Gasteiger partial charge >= 0.3 is 0 Å². The number of nitrogens with two attached hydrogens (primary N) is 1. The van der Waals surface area contributed by atoms with E-state index in [4.69, 9.17) is 5.73 Å². The molecule has 0 atom stereocenters. The zero-order valence-corrected chi connectivity index (χ0v) is 11.3. The van der Waals surface area contributed by atoms with Crippen LogP contribution in [0.25, 0.3) is 0 Å². The zero-order valence-electron chi connectivity index (χ0n) is 11.3. The monoisotopic (exact) mass is 246 g/mol. The van der Waals surface area contributed by atoms with Crippen molar-refractivity contribution >= 4 is 17.3 Å². The second-order valence-corrected chi connectivity index (χ2v) is 4.99. The predicted octanol–water partition coefficient (Wildman–Crippen LogP) is 2.98. The minimum atomic E-state index is 0.136. The van der Waals surface area contributed by atoms with Crippen LogP contribution >= 0.6 is 0 Å². The van der Waals surface area contributed by atoms with Crippen molar-refractivity contribution in [3.63, 3.8) is 0 Å². The van der Waals surface area contributed by atoms with E-state index in [0.717, 1.165) is 43.6 Å². The lowest BCUT2D eigenvalue weighted by molar-refractivity contribution is -0.122. The van der Waals surface area contributed by atoms with E-state index in [9.17, 15) is 4.79 Å². The Kier molecular flexibility index (Phi) is 3.90. The van der Waals surface area contributed by atoms with Crippen molar-refractivity contribution in [2.75, 3.05) is 17.2 Å². The Balaban J connectivity index is 2.32. The molecule has 1 aliphatic rings. The molecular formula is C15H22N2O. The van der Waals surface area contributed by atoms with Crippen LogP contribution in [0.15, 0.2) is 18.2 Å². The van der Waals surface area contributed by atoms with Crippen LogP contribution in [-0.2, 0) is 11.2 Å². The summed E-state index contributed by atoms with van der Waals surface area (Å²) < 4.78 is 0. The molecule has 3 nitrogen and oxygen atoms in total. The lowest BCUT2D eigenvalue weighted by Gasteiger charge is -2.32. The summed E-state index contributed by atoms with van der Waals surface area (Å²) in [4.78, 5) is 14.5. The van der Waals surface area contributed by atoms with Crippen LogP contribution in [0.3, 0.4) is 0 Å². The number of nitrogen functional groups attached to an aromatic ring is 1. The van der Waals surface area contributed by atoms with Gasteiger partial charge in [0.05, 0.1) is 0 Å². The first-order chi connectivity index (χ1) is 8.67. The Bertz CT molecular complexity index is 438. The molecule has 1 aromatic rings. The second-order valence-electron chi connectivity index (χ2n) is 4.99. The molecule has 0 unspecified atom stereocenters. The molecule has 1 amide bonds. The summed E-state index contributed by atoms with van der Waals surface area (Å²) in [6.45, 7) is 4.98. The highest BCUT2D eigenvalue weighted by Crippen LogP contribution is 2.31. The molecule has 0 spiro atoms. The highest BCUT2D eigenvalue weighted by atomic mass is 16.2. The molecule has 1 aromatic carbocycles. The molecule has 0 radical (unpaired) electrons. The fraction of sp³-hybridized carbons (Fsp3) is 0.533. The molecule has 0 saturated carbocycles. The maximum absolute atomic E-state index is 12.5. The van der Waals surface area contributed by atoms with Gasteiger partial charge in [-0.1, -0.05) is 19.9 Å². The van der Waals surface area contributed by atoms with Gasteiger partial charge in [0.25, 0.3) is 0 Å². The summed E-state index contributed by atoms with van der Waals surface area (Å²) in [7, 11) is 0. The molecule has 0 bridgehead atoms. The summed E-state index contributed by atoms with van der Waals surface area (Å²) >= 11 is 0. The molecule has 2 N–H and O–H groups in total. The maximum atomic E-state index is 12.5. The number of nitrogens with zero attached hydrogens (tertiary/aromatic N) is 1. The third kappa shape index (κ3) is 2.35. The highest BCUT2D eigenvalue weighted by molar-refractivity contribution is 5.96. The standard InChI is InChI=1S/C15H22N2O/c1-3-11(4-2)15(18)17-9-5-6-12-7-8-13(16)10-14(12)17/h7-8,10-11H,3-6,9,16H2,1-2H3. The van der Waals surface area contributed by atoms with E-state index in [1.54, 1.807) is 0 Å². The van der Waals surface area contributed by atoms with E-state index in [1.165, 1.54) is 5.56 Å². The SMILES string of the molecule is CCC(CC)C(=O)N1CCCc2ccc(N)cc21. The van der Waals surface area contributed by atoms with Gasteiger partial charge in [-0.2, -0.15) is 0 Å². The van der Waals surface area contributed by atoms with Gasteiger partial charge in [-0.3, -0.25) is 4.79 Å². The smallest absolute Gasteiger partial charge is 0.230 e. The lowest BCUT2D eigenvalue weighted by atomic mass is 9.96. The molecule has 0 aromatic heterocycles. The van der Waals surface area contributed by atoms with Crippen LogP contribution in [-0.4, -0.2) is 12.5 Å². The van der Waals surface area contributed by atoms with Gasteiger partial charge < -0.3 is 10.6 Å². The molecule has 0 saturated heterocycles. The molecule has 0 aliphatic carbocycles. The number of benzene rings is 1. The van der Waals surface area contributed by atoms with Crippen LogP contribution < -0.4 is 10.6 Å². The number of amides is 1. The molecule has 0 fully saturated rings. The van der Waals surface area contributed by atoms with E-state index < -0.39 is 0 Å². The Morgan fingerprint density at radius 1 is 1.39 bits per heavy atom. The molecule has 3 heteroatoms. The number of hydrogen-bond acceptors (Lipinski definition) is 2. The average Bonchev–Trinajstić information content (AvgIpc) is 2.39. The Morgan fingerprint density at radius 2 is 2.11 bits per heavy atom. The largest absolute Gasteiger partial charge is 0.399 e. The van der Waals surface area contributed by atoms with Crippen LogP contribution in [0, 0.1) is 5.92 Å². The molecule has 98 valence electrons. The van der Waals surface area contributed by atoms with Gasteiger partial charge in [0.1, 0.15) is 0 Å². The minimum Gasteiger partial charge on any atom is -0.399 e. The Labute approximate surface area is 109 Å². The summed E-state index contributed by atoms with van der Waals surface area (Å²) in [6, 6.07) is 5.91. The maximum Gasteiger partial charge on any atom is 0.230 e. The third-order valence-corrected chi connectivity index (χ3v) is 3.83. The highest BCUT2D eigenvalue weighted by Gasteiger charge is 2.26. The van der Waals surface area contributed by atoms with Crippen molar-refractivity contribution < 1.29 is 4.79 Å². The normalized spacial score (nSPS) is 14.7. The first kappa shape index (κ1) is 12.9. The number of fused-ring (bicyclic) bond motifs is 1. The first-order valence-corrected chi connectivity index (χ1v) is 6.87. The van der Waals surface area contributed by atoms with Crippen molar-refractivity contribution in [3.8, 4) is 0 Å². The van der Waals surface area contributed by atoms with Crippen molar-refractivity contribution in [2.45, 2.75) is 39.5 Å². The van der Waals surface area contributed by atoms with Crippen molar-refractivity contribution in [2.24, 2.45) is 5.92 Å². The van der Waals surface area contributed by atoms with Gasteiger partial charge in [0.15, 0.2) is 0 Å². The van der Waals surface area contributed by atoms with E-state index in [1.807, 2.05) is 17.0 Å². The van der Waals surface area contributed by atoms with Crippen LogP contribution in [0.4, 0.5) is 11.4 Å². The van der Waals surface area contributed by atoms with Crippen LogP contribution in [0.1, 0.15) is 38.7 Å². The Morgan fingerprint density at radius 3 is 2.78 bits per heavy atom. The molecule has 1 aliphatic heterocycles. The van der Waals surface area contributed by atoms with Crippen molar-refractivity contribution in [3.05, 3.63) is 23.8 Å². The second kappa shape index (κ2) is 5.42. The number of hydrogen-bond donors (Lipinski definition) is 1. The summed E-state index contributed by atoms with van der Waals surface area (Å²) in [6.07, 6.45) is 3.90. The van der Waals surface area contributed by atoms with Gasteiger partial charge in [-0.05, 0) is 43.4 Å². The molecule has 2 rings (SSSR count). The number of rotatable bonds is 3. The average molecular weight is 246 g/mol. The van der Waals surface area contributed by atoms with Crippen LogP contribution in [0.5, 0.6) is 0 Å². The molecule has 1 heterocycles. The van der Waals surface area contributed by atoms with Crippen molar-refractivity contribution in [1.29, 1.82) is 0 Å². The first-order valence-electron chi connectivity index (χ1n) is 6.87. The van der Waals surface area contributed by atoms with E-state index >= 15 is 0 Å². The fourth-order valence-corrected chi connectivity index (χ4v) is 2.68.